The number of aliphatic hydroxyl groups excluding tert-OH is 3. The van der Waals surface area contributed by atoms with Gasteiger partial charge in [-0.3, -0.25) is 4.79 Å². The van der Waals surface area contributed by atoms with Crippen LogP contribution < -0.4 is 5.73 Å². The van der Waals surface area contributed by atoms with E-state index in [1.165, 1.54) is 0 Å². The van der Waals surface area contributed by atoms with Crippen molar-refractivity contribution in [1.82, 2.24) is 0 Å². The van der Waals surface area contributed by atoms with Crippen LogP contribution in [0, 0.1) is 5.41 Å². The summed E-state index contributed by atoms with van der Waals surface area (Å²) in [7, 11) is 0. The van der Waals surface area contributed by atoms with Crippen molar-refractivity contribution in [3.63, 3.8) is 0 Å². The van der Waals surface area contributed by atoms with Gasteiger partial charge in [-0.15, -0.1) is 0 Å². The van der Waals surface area contributed by atoms with Crippen LogP contribution in [-0.4, -0.2) is 40.4 Å². The van der Waals surface area contributed by atoms with Crippen LogP contribution in [0.3, 0.4) is 0 Å². The standard InChI is InChI=1S/C16H25NO4/c1-16(10-19,11-20)7-6-15(21)14(17)8-12-2-4-13(9-18)5-3-12/h2-5,14,18-20H,6-11,17H2,1H3. The highest BCUT2D eigenvalue weighted by atomic mass is 16.3. The first-order valence-electron chi connectivity index (χ1n) is 7.13. The molecular weight excluding hydrogens is 270 g/mol. The lowest BCUT2D eigenvalue weighted by molar-refractivity contribution is -0.121. The highest BCUT2D eigenvalue weighted by Crippen LogP contribution is 2.22. The van der Waals surface area contributed by atoms with Crippen molar-refractivity contribution in [2.75, 3.05) is 13.2 Å². The maximum Gasteiger partial charge on any atom is 0.149 e. The lowest BCUT2D eigenvalue weighted by Crippen LogP contribution is -2.35. The summed E-state index contributed by atoms with van der Waals surface area (Å²) in [5.74, 6) is -0.0747. The first kappa shape index (κ1) is 17.8. The molecule has 0 fully saturated rings. The van der Waals surface area contributed by atoms with Crippen LogP contribution in [-0.2, 0) is 17.8 Å². The van der Waals surface area contributed by atoms with Crippen LogP contribution in [0.1, 0.15) is 30.9 Å². The Morgan fingerprint density at radius 3 is 2.14 bits per heavy atom. The third-order valence-corrected chi connectivity index (χ3v) is 3.81. The second-order valence-electron chi connectivity index (χ2n) is 5.88. The van der Waals surface area contributed by atoms with Gasteiger partial charge < -0.3 is 21.1 Å². The van der Waals surface area contributed by atoms with E-state index in [0.717, 1.165) is 11.1 Å². The van der Waals surface area contributed by atoms with Gasteiger partial charge in [0.05, 0.1) is 25.9 Å². The van der Waals surface area contributed by atoms with Gasteiger partial charge in [0, 0.05) is 11.8 Å². The Morgan fingerprint density at radius 1 is 1.14 bits per heavy atom. The van der Waals surface area contributed by atoms with E-state index in [0.29, 0.717) is 12.8 Å². The zero-order valence-electron chi connectivity index (χ0n) is 12.5. The van der Waals surface area contributed by atoms with Gasteiger partial charge in [-0.2, -0.15) is 0 Å². The Bertz CT molecular complexity index is 440. The van der Waals surface area contributed by atoms with E-state index < -0.39 is 11.5 Å². The van der Waals surface area contributed by atoms with Gasteiger partial charge in [0.15, 0.2) is 0 Å². The van der Waals surface area contributed by atoms with Crippen molar-refractivity contribution in [2.45, 2.75) is 38.8 Å². The van der Waals surface area contributed by atoms with Gasteiger partial charge >= 0.3 is 0 Å². The van der Waals surface area contributed by atoms with Crippen molar-refractivity contribution in [1.29, 1.82) is 0 Å². The number of carbonyl (C=O) groups is 1. The minimum Gasteiger partial charge on any atom is -0.396 e. The first-order valence-corrected chi connectivity index (χ1v) is 7.13. The van der Waals surface area contributed by atoms with Gasteiger partial charge in [0.2, 0.25) is 0 Å². The fourth-order valence-electron chi connectivity index (χ4n) is 1.97. The number of hydrogen-bond acceptors (Lipinski definition) is 5. The molecule has 1 atom stereocenters. The zero-order chi connectivity index (χ0) is 15.9. The molecular formula is C16H25NO4. The lowest BCUT2D eigenvalue weighted by atomic mass is 9.85. The average Bonchev–Trinajstić information content (AvgIpc) is 2.52. The van der Waals surface area contributed by atoms with Crippen LogP contribution in [0.4, 0.5) is 0 Å². The molecule has 0 aromatic heterocycles. The first-order chi connectivity index (χ1) is 9.94. The molecule has 0 heterocycles. The topological polar surface area (TPSA) is 104 Å². The number of benzene rings is 1. The summed E-state index contributed by atoms with van der Waals surface area (Å²) in [5.41, 5.74) is 7.03. The Hall–Kier alpha value is -1.27. The fourth-order valence-corrected chi connectivity index (χ4v) is 1.97. The molecule has 0 spiro atoms. The van der Waals surface area contributed by atoms with E-state index in [1.54, 1.807) is 19.1 Å². The monoisotopic (exact) mass is 295 g/mol. The molecule has 0 aliphatic rings. The largest absolute Gasteiger partial charge is 0.396 e. The molecule has 5 nitrogen and oxygen atoms in total. The molecule has 5 heteroatoms. The number of hydrogen-bond donors (Lipinski definition) is 4. The highest BCUT2D eigenvalue weighted by molar-refractivity contribution is 5.84. The van der Waals surface area contributed by atoms with E-state index >= 15 is 0 Å². The van der Waals surface area contributed by atoms with Crippen molar-refractivity contribution >= 4 is 5.78 Å². The van der Waals surface area contributed by atoms with Gasteiger partial charge in [0.1, 0.15) is 5.78 Å². The molecule has 1 unspecified atom stereocenters. The summed E-state index contributed by atoms with van der Waals surface area (Å²) < 4.78 is 0. The average molecular weight is 295 g/mol. The van der Waals surface area contributed by atoms with E-state index in [-0.39, 0.29) is 32.0 Å². The van der Waals surface area contributed by atoms with Crippen LogP contribution in [0.25, 0.3) is 0 Å². The summed E-state index contributed by atoms with van der Waals surface area (Å²) in [6, 6.07) is 6.73. The Kier molecular flexibility index (Phi) is 6.98. The third-order valence-electron chi connectivity index (χ3n) is 3.81. The third kappa shape index (κ3) is 5.55. The molecule has 0 bridgehead atoms. The molecule has 1 aromatic carbocycles. The number of rotatable bonds is 9. The molecule has 118 valence electrons. The Balaban J connectivity index is 2.50. The van der Waals surface area contributed by atoms with Gasteiger partial charge in [-0.1, -0.05) is 31.2 Å². The van der Waals surface area contributed by atoms with E-state index in [9.17, 15) is 15.0 Å². The van der Waals surface area contributed by atoms with Crippen LogP contribution >= 0.6 is 0 Å². The quantitative estimate of drug-likeness (QED) is 0.527. The predicted octanol–water partition coefficient (Wildman–Crippen LogP) is 0.389. The van der Waals surface area contributed by atoms with Crippen molar-refractivity contribution in [3.05, 3.63) is 35.4 Å². The molecule has 0 saturated carbocycles. The predicted molar refractivity (Wildman–Crippen MR) is 80.6 cm³/mol. The molecule has 5 N–H and O–H groups in total. The molecule has 0 aliphatic heterocycles. The van der Waals surface area contributed by atoms with E-state index in [2.05, 4.69) is 0 Å². The number of Topliss-reactive ketones (excluding diaryl/α,β-unsaturated/α-hetero) is 1. The summed E-state index contributed by atoms with van der Waals surface area (Å²) >= 11 is 0. The second-order valence-corrected chi connectivity index (χ2v) is 5.88. The van der Waals surface area contributed by atoms with Crippen LogP contribution in [0.2, 0.25) is 0 Å². The zero-order valence-corrected chi connectivity index (χ0v) is 12.5. The maximum absolute atomic E-state index is 12.0. The minimum atomic E-state index is -0.641. The van der Waals surface area contributed by atoms with Crippen molar-refractivity contribution in [2.24, 2.45) is 11.1 Å². The van der Waals surface area contributed by atoms with Gasteiger partial charge in [-0.05, 0) is 24.0 Å². The Labute approximate surface area is 125 Å². The Morgan fingerprint density at radius 2 is 1.67 bits per heavy atom. The molecule has 0 amide bonds. The summed E-state index contributed by atoms with van der Waals surface area (Å²) in [5, 5.41) is 27.4. The summed E-state index contributed by atoms with van der Waals surface area (Å²) in [6.07, 6.45) is 1.10. The molecule has 0 saturated heterocycles. The minimum absolute atomic E-state index is 0.00777. The SMILES string of the molecule is CC(CO)(CO)CCC(=O)C(N)Cc1ccc(CO)cc1. The molecule has 0 radical (unpaired) electrons. The fraction of sp³-hybridized carbons (Fsp3) is 0.562. The molecule has 21 heavy (non-hydrogen) atoms. The van der Waals surface area contributed by atoms with Gasteiger partial charge in [0.25, 0.3) is 0 Å². The maximum atomic E-state index is 12.0. The van der Waals surface area contributed by atoms with Crippen molar-refractivity contribution < 1.29 is 20.1 Å². The molecule has 0 aliphatic carbocycles. The van der Waals surface area contributed by atoms with Crippen LogP contribution in [0.5, 0.6) is 0 Å². The van der Waals surface area contributed by atoms with Gasteiger partial charge in [-0.25, -0.2) is 0 Å². The molecule has 1 aromatic rings. The van der Waals surface area contributed by atoms with E-state index in [4.69, 9.17) is 10.8 Å². The van der Waals surface area contributed by atoms with Crippen LogP contribution in [0.15, 0.2) is 24.3 Å². The second kappa shape index (κ2) is 8.24. The smallest absolute Gasteiger partial charge is 0.149 e. The summed E-state index contributed by atoms with van der Waals surface area (Å²) in [6.45, 7) is 1.41. The van der Waals surface area contributed by atoms with Crippen molar-refractivity contribution in [3.8, 4) is 0 Å². The number of carbonyl (C=O) groups excluding carboxylic acids is 1. The lowest BCUT2D eigenvalue weighted by Gasteiger charge is -2.24. The van der Waals surface area contributed by atoms with E-state index in [1.807, 2.05) is 12.1 Å². The number of nitrogens with two attached hydrogens (primary N) is 1. The number of aliphatic hydroxyl groups is 3. The summed E-state index contributed by atoms with van der Waals surface area (Å²) in [4.78, 5) is 12.0. The normalized spacial score (nSPS) is 13.2. The molecule has 1 rings (SSSR count). The number of ketones is 1. The highest BCUT2D eigenvalue weighted by Gasteiger charge is 2.25.